The second kappa shape index (κ2) is 6.19. The number of rotatable bonds is 3. The van der Waals surface area contributed by atoms with Gasteiger partial charge in [-0.15, -0.1) is 0 Å². The fourth-order valence-corrected chi connectivity index (χ4v) is 1.94. The average molecular weight is 301 g/mol. The van der Waals surface area contributed by atoms with Crippen molar-refractivity contribution in [1.82, 2.24) is 9.97 Å². The number of hydrogen-bond acceptors (Lipinski definition) is 4. The van der Waals surface area contributed by atoms with Crippen LogP contribution in [-0.4, -0.2) is 21.0 Å². The first kappa shape index (κ1) is 14.7. The van der Waals surface area contributed by atoms with Gasteiger partial charge in [-0.25, -0.2) is 14.8 Å². The van der Waals surface area contributed by atoms with E-state index in [-0.39, 0.29) is 18.0 Å². The fraction of sp³-hybridized carbons (Fsp3) is 0. The third-order valence-electron chi connectivity index (χ3n) is 2.94. The molecule has 0 saturated heterocycles. The summed E-state index contributed by atoms with van der Waals surface area (Å²) in [7, 11) is 0. The van der Waals surface area contributed by atoms with Gasteiger partial charge in [0, 0.05) is 11.1 Å². The van der Waals surface area contributed by atoms with E-state index in [9.17, 15) is 4.79 Å². The quantitative estimate of drug-likeness (QED) is 0.716. The molecule has 0 unspecified atom stereocenters. The Morgan fingerprint density at radius 1 is 1.00 bits per heavy atom. The lowest BCUT2D eigenvalue weighted by Gasteiger charge is -2.08. The van der Waals surface area contributed by atoms with Crippen LogP contribution in [0.1, 0.15) is 10.4 Å². The minimum absolute atomic E-state index is 0. The van der Waals surface area contributed by atoms with Gasteiger partial charge in [0.05, 0.1) is 11.1 Å². The number of carboxylic acid groups (broad SMARTS) is 1. The highest BCUT2D eigenvalue weighted by molar-refractivity contribution is 5.91. The highest BCUT2D eigenvalue weighted by Gasteiger charge is 2.05. The minimum Gasteiger partial charge on any atom is -1.00 e. The molecule has 0 amide bonds. The van der Waals surface area contributed by atoms with Crippen molar-refractivity contribution in [3.05, 3.63) is 60.4 Å². The number of halogens is 1. The summed E-state index contributed by atoms with van der Waals surface area (Å²) in [6.07, 6.45) is 1.50. The van der Waals surface area contributed by atoms with Crippen LogP contribution in [0.15, 0.2) is 54.9 Å². The van der Waals surface area contributed by atoms with Crippen molar-refractivity contribution in [3.63, 3.8) is 0 Å². The Balaban J connectivity index is 0.00000161. The van der Waals surface area contributed by atoms with Crippen LogP contribution in [0.2, 0.25) is 0 Å². The number of aromatic carboxylic acids is 1. The molecule has 2 N–H and O–H groups in total. The Hall–Kier alpha value is -2.66. The lowest BCUT2D eigenvalue weighted by molar-refractivity contribution is -0.0000196. The molecule has 3 aromatic rings. The smallest absolute Gasteiger partial charge is 0.335 e. The van der Waals surface area contributed by atoms with E-state index in [0.29, 0.717) is 5.82 Å². The normalized spacial score (nSPS) is 9.90. The number of hydrogen-bond donors (Lipinski definition) is 2. The zero-order chi connectivity index (χ0) is 13.9. The second-order valence-corrected chi connectivity index (χ2v) is 4.25. The van der Waals surface area contributed by atoms with Crippen LogP contribution in [-0.2, 0) is 0 Å². The second-order valence-electron chi connectivity index (χ2n) is 4.25. The van der Waals surface area contributed by atoms with Gasteiger partial charge in [0.25, 0.3) is 0 Å². The predicted octanol–water partition coefficient (Wildman–Crippen LogP) is 0.0756. The Morgan fingerprint density at radius 2 is 1.71 bits per heavy atom. The van der Waals surface area contributed by atoms with Crippen LogP contribution in [0.4, 0.5) is 11.5 Å². The SMILES string of the molecule is O=C(O)c1ccc(Nc2ncnc3ccccc23)cc1.[Cl-]. The zero-order valence-electron chi connectivity index (χ0n) is 10.8. The number of benzene rings is 2. The Bertz CT molecular complexity index is 770. The molecule has 21 heavy (non-hydrogen) atoms. The highest BCUT2D eigenvalue weighted by atomic mass is 35.5. The van der Waals surface area contributed by atoms with Crippen molar-refractivity contribution in [1.29, 1.82) is 0 Å². The van der Waals surface area contributed by atoms with Crippen molar-refractivity contribution in [2.45, 2.75) is 0 Å². The molecule has 1 aromatic heterocycles. The van der Waals surface area contributed by atoms with E-state index in [0.717, 1.165) is 16.6 Å². The van der Waals surface area contributed by atoms with Gasteiger partial charge in [0.1, 0.15) is 12.1 Å². The van der Waals surface area contributed by atoms with Gasteiger partial charge < -0.3 is 22.8 Å². The first-order chi connectivity index (χ1) is 9.74. The van der Waals surface area contributed by atoms with Crippen molar-refractivity contribution in [3.8, 4) is 0 Å². The number of nitrogens with one attached hydrogen (secondary N) is 1. The van der Waals surface area contributed by atoms with E-state index in [1.165, 1.54) is 6.33 Å². The van der Waals surface area contributed by atoms with Gasteiger partial charge in [-0.1, -0.05) is 12.1 Å². The third-order valence-corrected chi connectivity index (χ3v) is 2.94. The predicted molar refractivity (Wildman–Crippen MR) is 76.2 cm³/mol. The fourth-order valence-electron chi connectivity index (χ4n) is 1.94. The molecule has 0 atom stereocenters. The van der Waals surface area contributed by atoms with Crippen LogP contribution in [0.25, 0.3) is 10.9 Å². The van der Waals surface area contributed by atoms with Crippen molar-refractivity contribution >= 4 is 28.4 Å². The Kier molecular flexibility index (Phi) is 4.35. The molecule has 0 saturated carbocycles. The van der Waals surface area contributed by atoms with E-state index in [4.69, 9.17) is 5.11 Å². The zero-order valence-corrected chi connectivity index (χ0v) is 11.6. The van der Waals surface area contributed by atoms with Crippen LogP contribution in [0.3, 0.4) is 0 Å². The highest BCUT2D eigenvalue weighted by Crippen LogP contribution is 2.22. The first-order valence-electron chi connectivity index (χ1n) is 6.04. The molecule has 0 radical (unpaired) electrons. The van der Waals surface area contributed by atoms with Gasteiger partial charge in [0.15, 0.2) is 0 Å². The summed E-state index contributed by atoms with van der Waals surface area (Å²) in [5.41, 5.74) is 1.88. The molecule has 6 heteroatoms. The monoisotopic (exact) mass is 300 g/mol. The maximum absolute atomic E-state index is 10.8. The molecule has 0 aliphatic carbocycles. The average Bonchev–Trinajstić information content (AvgIpc) is 2.48. The van der Waals surface area contributed by atoms with Gasteiger partial charge in [-0.2, -0.15) is 0 Å². The van der Waals surface area contributed by atoms with Crippen LogP contribution < -0.4 is 17.7 Å². The number of carbonyl (C=O) groups is 1. The molecule has 0 fully saturated rings. The summed E-state index contributed by atoms with van der Waals surface area (Å²) < 4.78 is 0. The molecular formula is C15H11ClN3O2-. The molecule has 2 aromatic carbocycles. The summed E-state index contributed by atoms with van der Waals surface area (Å²) in [5.74, 6) is -0.247. The third kappa shape index (κ3) is 3.09. The number of nitrogens with zero attached hydrogens (tertiary/aromatic N) is 2. The maximum atomic E-state index is 10.8. The number of fused-ring (bicyclic) bond motifs is 1. The number of carboxylic acids is 1. The number of anilines is 2. The van der Waals surface area contributed by atoms with E-state index in [1.54, 1.807) is 24.3 Å². The van der Waals surface area contributed by atoms with Gasteiger partial charge in [-0.3, -0.25) is 0 Å². The van der Waals surface area contributed by atoms with Crippen molar-refractivity contribution in [2.75, 3.05) is 5.32 Å². The lowest BCUT2D eigenvalue weighted by Crippen LogP contribution is -3.00. The van der Waals surface area contributed by atoms with Gasteiger partial charge >= 0.3 is 5.97 Å². The number of para-hydroxylation sites is 1. The molecule has 0 bridgehead atoms. The topological polar surface area (TPSA) is 75.1 Å². The summed E-state index contributed by atoms with van der Waals surface area (Å²) >= 11 is 0. The molecule has 0 aliphatic rings. The summed E-state index contributed by atoms with van der Waals surface area (Å²) in [6.45, 7) is 0. The molecule has 0 spiro atoms. The molecular weight excluding hydrogens is 290 g/mol. The molecule has 0 aliphatic heterocycles. The lowest BCUT2D eigenvalue weighted by atomic mass is 10.2. The Labute approximate surface area is 127 Å². The molecule has 1 heterocycles. The number of aromatic nitrogens is 2. The first-order valence-corrected chi connectivity index (χ1v) is 6.04. The maximum Gasteiger partial charge on any atom is 0.335 e. The van der Waals surface area contributed by atoms with Crippen LogP contribution in [0, 0.1) is 0 Å². The van der Waals surface area contributed by atoms with Crippen molar-refractivity contribution < 1.29 is 22.3 Å². The standard InChI is InChI=1S/C15H11N3O2.ClH/c19-15(20)10-5-7-11(8-6-10)18-14-12-3-1-2-4-13(12)16-9-17-14;/h1-9H,(H,19,20)(H,16,17,18);1H/p-1. The van der Waals surface area contributed by atoms with Gasteiger partial charge in [-0.05, 0) is 36.4 Å². The van der Waals surface area contributed by atoms with Gasteiger partial charge in [0.2, 0.25) is 0 Å². The van der Waals surface area contributed by atoms with E-state index in [1.807, 2.05) is 24.3 Å². The molecule has 3 rings (SSSR count). The van der Waals surface area contributed by atoms with E-state index >= 15 is 0 Å². The summed E-state index contributed by atoms with van der Waals surface area (Å²) in [5, 5.41) is 12.9. The van der Waals surface area contributed by atoms with Crippen LogP contribution >= 0.6 is 0 Å². The molecule has 106 valence electrons. The van der Waals surface area contributed by atoms with E-state index in [2.05, 4.69) is 15.3 Å². The molecule has 5 nitrogen and oxygen atoms in total. The summed E-state index contributed by atoms with van der Waals surface area (Å²) in [6, 6.07) is 14.2. The Morgan fingerprint density at radius 3 is 2.43 bits per heavy atom. The minimum atomic E-state index is -0.941. The summed E-state index contributed by atoms with van der Waals surface area (Å²) in [4.78, 5) is 19.2. The van der Waals surface area contributed by atoms with Crippen molar-refractivity contribution in [2.24, 2.45) is 0 Å². The largest absolute Gasteiger partial charge is 1.00 e. The van der Waals surface area contributed by atoms with E-state index < -0.39 is 5.97 Å². The van der Waals surface area contributed by atoms with Crippen LogP contribution in [0.5, 0.6) is 0 Å².